The Morgan fingerprint density at radius 1 is 1.03 bits per heavy atom. The molecular weight excluding hydrogens is 393 g/mol. The first-order valence-electron chi connectivity index (χ1n) is 9.58. The summed E-state index contributed by atoms with van der Waals surface area (Å²) >= 11 is 0. The van der Waals surface area contributed by atoms with Crippen molar-refractivity contribution in [2.75, 3.05) is 33.2 Å². The molecule has 0 unspecified atom stereocenters. The molecule has 1 heterocycles. The molecule has 0 aliphatic carbocycles. The van der Waals surface area contributed by atoms with E-state index < -0.39 is 15.8 Å². The van der Waals surface area contributed by atoms with Gasteiger partial charge in [0.1, 0.15) is 10.7 Å². The van der Waals surface area contributed by atoms with Gasteiger partial charge >= 0.3 is 0 Å². The Bertz CT molecular complexity index is 945. The molecule has 0 saturated carbocycles. The predicted octanol–water partition coefficient (Wildman–Crippen LogP) is 2.18. The Morgan fingerprint density at radius 3 is 2.24 bits per heavy atom. The van der Waals surface area contributed by atoms with Crippen LogP contribution in [-0.4, -0.2) is 67.7 Å². The third kappa shape index (κ3) is 4.83. The van der Waals surface area contributed by atoms with Crippen LogP contribution < -0.4 is 0 Å². The van der Waals surface area contributed by atoms with Crippen LogP contribution in [0, 0.1) is 5.82 Å². The number of hydrogen-bond acceptors (Lipinski definition) is 4. The smallest absolute Gasteiger partial charge is 0.246 e. The van der Waals surface area contributed by atoms with Crippen molar-refractivity contribution in [1.29, 1.82) is 0 Å². The normalized spacial score (nSPS) is 17.1. The number of sulfonamides is 1. The molecule has 1 amide bonds. The molecular formula is C21H26FN3O3S. The van der Waals surface area contributed by atoms with Crippen molar-refractivity contribution in [1.82, 2.24) is 14.1 Å². The second-order valence-electron chi connectivity index (χ2n) is 7.23. The van der Waals surface area contributed by atoms with Crippen LogP contribution in [-0.2, 0) is 21.4 Å². The number of likely N-dealkylation sites (N-methyl/N-ethyl adjacent to an activating group) is 1. The Balaban J connectivity index is 1.60. The third-order valence-electron chi connectivity index (χ3n) is 5.27. The molecule has 2 aromatic carbocycles. The molecule has 8 heteroatoms. The Kier molecular flexibility index (Phi) is 6.66. The van der Waals surface area contributed by atoms with E-state index in [1.807, 2.05) is 42.2 Å². The molecule has 1 fully saturated rings. The highest BCUT2D eigenvalue weighted by Gasteiger charge is 2.33. The van der Waals surface area contributed by atoms with Crippen molar-refractivity contribution in [3.63, 3.8) is 0 Å². The van der Waals surface area contributed by atoms with Crippen LogP contribution in [0.1, 0.15) is 12.5 Å². The van der Waals surface area contributed by atoms with Crippen LogP contribution in [0.4, 0.5) is 4.39 Å². The zero-order valence-corrected chi connectivity index (χ0v) is 17.5. The van der Waals surface area contributed by atoms with Crippen LogP contribution in [0.25, 0.3) is 0 Å². The summed E-state index contributed by atoms with van der Waals surface area (Å²) in [5.41, 5.74) is 1.05. The summed E-state index contributed by atoms with van der Waals surface area (Å²) in [6.45, 7) is 3.63. The van der Waals surface area contributed by atoms with Crippen LogP contribution in [0.2, 0.25) is 0 Å². The average molecular weight is 420 g/mol. The number of rotatable bonds is 6. The van der Waals surface area contributed by atoms with Crippen LogP contribution in [0.15, 0.2) is 59.5 Å². The van der Waals surface area contributed by atoms with Gasteiger partial charge in [0.2, 0.25) is 15.9 Å². The molecule has 29 heavy (non-hydrogen) atoms. The molecule has 6 nitrogen and oxygen atoms in total. The molecule has 3 rings (SSSR count). The van der Waals surface area contributed by atoms with Crippen LogP contribution >= 0.6 is 0 Å². The van der Waals surface area contributed by atoms with Crippen molar-refractivity contribution in [2.45, 2.75) is 24.4 Å². The number of halogens is 1. The maximum absolute atomic E-state index is 14.0. The topological polar surface area (TPSA) is 60.9 Å². The Labute approximate surface area is 171 Å². The van der Waals surface area contributed by atoms with E-state index in [1.54, 1.807) is 11.9 Å². The quantitative estimate of drug-likeness (QED) is 0.720. The second-order valence-corrected chi connectivity index (χ2v) is 9.13. The summed E-state index contributed by atoms with van der Waals surface area (Å²) in [5, 5.41) is 0. The average Bonchev–Trinajstić information content (AvgIpc) is 2.73. The van der Waals surface area contributed by atoms with E-state index in [1.165, 1.54) is 22.5 Å². The number of benzene rings is 2. The molecule has 0 spiro atoms. The van der Waals surface area contributed by atoms with Crippen molar-refractivity contribution in [3.05, 3.63) is 66.0 Å². The van der Waals surface area contributed by atoms with Crippen molar-refractivity contribution >= 4 is 15.9 Å². The Hall–Kier alpha value is -2.29. The van der Waals surface area contributed by atoms with Gasteiger partial charge < -0.3 is 4.90 Å². The number of piperazine rings is 1. The number of hydrogen-bond donors (Lipinski definition) is 0. The van der Waals surface area contributed by atoms with Gasteiger partial charge in [0.05, 0.1) is 6.04 Å². The highest BCUT2D eigenvalue weighted by atomic mass is 32.2. The van der Waals surface area contributed by atoms with E-state index >= 15 is 0 Å². The van der Waals surface area contributed by atoms with Crippen molar-refractivity contribution in [2.24, 2.45) is 0 Å². The van der Waals surface area contributed by atoms with Gasteiger partial charge in [0, 0.05) is 39.8 Å². The lowest BCUT2D eigenvalue weighted by atomic mass is 10.2. The molecule has 0 bridgehead atoms. The van der Waals surface area contributed by atoms with Gasteiger partial charge in [-0.25, -0.2) is 12.8 Å². The second kappa shape index (κ2) is 9.02. The summed E-state index contributed by atoms with van der Waals surface area (Å²) < 4.78 is 40.7. The molecule has 1 aliphatic heterocycles. The summed E-state index contributed by atoms with van der Waals surface area (Å²) in [6.07, 6.45) is 0. The number of nitrogens with zero attached hydrogens (tertiary/aromatic N) is 3. The zero-order chi connectivity index (χ0) is 21.0. The first kappa shape index (κ1) is 21.4. The van der Waals surface area contributed by atoms with Crippen molar-refractivity contribution in [3.8, 4) is 0 Å². The summed E-state index contributed by atoms with van der Waals surface area (Å²) in [6, 6.07) is 14.8. The minimum Gasteiger partial charge on any atom is -0.340 e. The van der Waals surface area contributed by atoms with Crippen molar-refractivity contribution < 1.29 is 17.6 Å². The third-order valence-corrected chi connectivity index (χ3v) is 7.20. The maximum atomic E-state index is 14.0. The minimum atomic E-state index is -3.88. The maximum Gasteiger partial charge on any atom is 0.246 e. The molecule has 156 valence electrons. The van der Waals surface area contributed by atoms with E-state index in [0.717, 1.165) is 11.6 Å². The summed E-state index contributed by atoms with van der Waals surface area (Å²) in [4.78, 5) is 16.1. The fraction of sp³-hybridized carbons (Fsp3) is 0.381. The summed E-state index contributed by atoms with van der Waals surface area (Å²) in [7, 11) is -2.11. The molecule has 1 aliphatic rings. The van der Waals surface area contributed by atoms with E-state index in [9.17, 15) is 17.6 Å². The van der Waals surface area contributed by atoms with Crippen LogP contribution in [0.5, 0.6) is 0 Å². The van der Waals surface area contributed by atoms with Gasteiger partial charge in [-0.2, -0.15) is 4.31 Å². The van der Waals surface area contributed by atoms with E-state index in [-0.39, 0.29) is 29.9 Å². The number of carbonyl (C=O) groups is 1. The largest absolute Gasteiger partial charge is 0.340 e. The van der Waals surface area contributed by atoms with Gasteiger partial charge in [-0.3, -0.25) is 9.69 Å². The highest BCUT2D eigenvalue weighted by Crippen LogP contribution is 2.21. The first-order valence-corrected chi connectivity index (χ1v) is 11.0. The number of carbonyl (C=O) groups excluding carboxylic acids is 1. The van der Waals surface area contributed by atoms with E-state index in [0.29, 0.717) is 19.6 Å². The van der Waals surface area contributed by atoms with Gasteiger partial charge in [-0.1, -0.05) is 42.5 Å². The van der Waals surface area contributed by atoms with Gasteiger partial charge in [-0.05, 0) is 24.6 Å². The van der Waals surface area contributed by atoms with Gasteiger partial charge in [-0.15, -0.1) is 0 Å². The van der Waals surface area contributed by atoms with Crippen LogP contribution in [0.3, 0.4) is 0 Å². The molecule has 0 aromatic heterocycles. The summed E-state index contributed by atoms with van der Waals surface area (Å²) in [5.74, 6) is -0.764. The lowest BCUT2D eigenvalue weighted by Crippen LogP contribution is -2.55. The van der Waals surface area contributed by atoms with E-state index in [2.05, 4.69) is 0 Å². The predicted molar refractivity (Wildman–Crippen MR) is 109 cm³/mol. The fourth-order valence-electron chi connectivity index (χ4n) is 3.53. The molecule has 0 radical (unpaired) electrons. The monoisotopic (exact) mass is 419 g/mol. The first-order chi connectivity index (χ1) is 13.8. The fourth-order valence-corrected chi connectivity index (χ4v) is 5.02. The Morgan fingerprint density at radius 2 is 1.62 bits per heavy atom. The lowest BCUT2D eigenvalue weighted by molar-refractivity contribution is -0.136. The molecule has 2 aromatic rings. The standard InChI is InChI=1S/C21H26FN3O3S/c1-17(21(26)23(2)16-18-8-4-3-5-9-18)24-12-14-25(15-13-24)29(27,28)20-11-7-6-10-19(20)22/h3-11,17H,12-16H2,1-2H3/t17-/m1/s1. The molecule has 1 atom stereocenters. The lowest BCUT2D eigenvalue weighted by Gasteiger charge is -2.37. The van der Waals surface area contributed by atoms with Gasteiger partial charge in [0.15, 0.2) is 0 Å². The minimum absolute atomic E-state index is 0.0146. The SMILES string of the molecule is C[C@H](C(=O)N(C)Cc1ccccc1)N1CCN(S(=O)(=O)c2ccccc2F)CC1. The van der Waals surface area contributed by atoms with Gasteiger partial charge in [0.25, 0.3) is 0 Å². The number of amides is 1. The molecule has 1 saturated heterocycles. The molecule has 0 N–H and O–H groups in total. The van der Waals surface area contributed by atoms with E-state index in [4.69, 9.17) is 0 Å². The highest BCUT2D eigenvalue weighted by molar-refractivity contribution is 7.89. The zero-order valence-electron chi connectivity index (χ0n) is 16.7.